The van der Waals surface area contributed by atoms with Crippen LogP contribution in [-0.4, -0.2) is 30.8 Å². The van der Waals surface area contributed by atoms with Crippen molar-refractivity contribution >= 4 is 5.69 Å². The fourth-order valence-electron chi connectivity index (χ4n) is 3.10. The second kappa shape index (κ2) is 8.13. The molecule has 0 bridgehead atoms. The highest BCUT2D eigenvalue weighted by atomic mass is 16.6. The molecule has 2 aromatic heterocycles. The van der Waals surface area contributed by atoms with Crippen LogP contribution in [0.15, 0.2) is 42.9 Å². The molecule has 8 nitrogen and oxygen atoms in total. The Kier molecular flexibility index (Phi) is 5.66. The number of non-ortho nitro benzene ring substituents is 1. The highest BCUT2D eigenvalue weighted by Gasteiger charge is 2.13. The number of aromatic nitrogens is 4. The third-order valence-electron chi connectivity index (χ3n) is 4.50. The minimum Gasteiger partial charge on any atom is -0.335 e. The van der Waals surface area contributed by atoms with Gasteiger partial charge in [-0.25, -0.2) is 4.98 Å². The summed E-state index contributed by atoms with van der Waals surface area (Å²) in [6, 6.07) is 6.51. The molecule has 0 saturated heterocycles. The van der Waals surface area contributed by atoms with Crippen LogP contribution in [-0.2, 0) is 20.1 Å². The van der Waals surface area contributed by atoms with Crippen LogP contribution < -0.4 is 5.32 Å². The second-order valence-corrected chi connectivity index (χ2v) is 6.84. The first-order chi connectivity index (χ1) is 12.9. The standard InChI is InChI=1S/C19H24N6O2/c1-14(12-24-9-8-21-15(24)2)10-20-11-17-13-23(3)22-19(17)16-4-6-18(7-5-16)25(26)27/h4-9,13-14,20H,10-12H2,1-3H3. The monoisotopic (exact) mass is 368 g/mol. The van der Waals surface area contributed by atoms with E-state index < -0.39 is 4.92 Å². The number of aryl methyl sites for hydroxylation is 2. The van der Waals surface area contributed by atoms with Gasteiger partial charge in [0.2, 0.25) is 0 Å². The Morgan fingerprint density at radius 3 is 2.67 bits per heavy atom. The number of hydrogen-bond acceptors (Lipinski definition) is 5. The number of nitro groups is 1. The number of nitrogens with one attached hydrogen (secondary N) is 1. The van der Waals surface area contributed by atoms with E-state index in [-0.39, 0.29) is 5.69 Å². The maximum atomic E-state index is 10.8. The van der Waals surface area contributed by atoms with Crippen LogP contribution in [0.2, 0.25) is 0 Å². The van der Waals surface area contributed by atoms with Crippen LogP contribution in [0, 0.1) is 23.0 Å². The molecule has 0 aliphatic heterocycles. The van der Waals surface area contributed by atoms with Gasteiger partial charge in [0.1, 0.15) is 5.82 Å². The lowest BCUT2D eigenvalue weighted by atomic mass is 10.1. The van der Waals surface area contributed by atoms with Gasteiger partial charge in [-0.3, -0.25) is 14.8 Å². The fourth-order valence-corrected chi connectivity index (χ4v) is 3.10. The molecule has 1 unspecified atom stereocenters. The van der Waals surface area contributed by atoms with Gasteiger partial charge in [-0.15, -0.1) is 0 Å². The molecule has 0 aliphatic rings. The molecule has 2 heterocycles. The summed E-state index contributed by atoms with van der Waals surface area (Å²) in [5.74, 6) is 1.48. The highest BCUT2D eigenvalue weighted by Crippen LogP contribution is 2.24. The van der Waals surface area contributed by atoms with Gasteiger partial charge in [0.05, 0.1) is 10.6 Å². The van der Waals surface area contributed by atoms with E-state index in [0.717, 1.165) is 35.7 Å². The molecular weight excluding hydrogens is 344 g/mol. The maximum absolute atomic E-state index is 10.8. The van der Waals surface area contributed by atoms with Gasteiger partial charge in [-0.2, -0.15) is 5.10 Å². The van der Waals surface area contributed by atoms with Crippen molar-refractivity contribution in [3.8, 4) is 11.3 Å². The van der Waals surface area contributed by atoms with E-state index >= 15 is 0 Å². The van der Waals surface area contributed by atoms with Crippen molar-refractivity contribution in [2.24, 2.45) is 13.0 Å². The first-order valence-electron chi connectivity index (χ1n) is 8.90. The van der Waals surface area contributed by atoms with E-state index in [2.05, 4.69) is 26.9 Å². The molecule has 1 atom stereocenters. The van der Waals surface area contributed by atoms with Crippen LogP contribution >= 0.6 is 0 Å². The zero-order chi connectivity index (χ0) is 19.4. The van der Waals surface area contributed by atoms with Crippen molar-refractivity contribution in [2.45, 2.75) is 26.9 Å². The van der Waals surface area contributed by atoms with Crippen LogP contribution in [0.3, 0.4) is 0 Å². The summed E-state index contributed by atoms with van der Waals surface area (Å²) in [4.78, 5) is 14.7. The predicted molar refractivity (Wildman–Crippen MR) is 103 cm³/mol. The maximum Gasteiger partial charge on any atom is 0.269 e. The van der Waals surface area contributed by atoms with Crippen LogP contribution in [0.1, 0.15) is 18.3 Å². The topological polar surface area (TPSA) is 90.8 Å². The Morgan fingerprint density at radius 1 is 1.30 bits per heavy atom. The Hall–Kier alpha value is -3.00. The number of rotatable bonds is 8. The van der Waals surface area contributed by atoms with Gasteiger partial charge in [0.15, 0.2) is 0 Å². The quantitative estimate of drug-likeness (QED) is 0.488. The fraction of sp³-hybridized carbons (Fsp3) is 0.368. The average molecular weight is 368 g/mol. The number of nitrogens with zero attached hydrogens (tertiary/aromatic N) is 5. The lowest BCUT2D eigenvalue weighted by Crippen LogP contribution is -2.24. The molecule has 27 heavy (non-hydrogen) atoms. The zero-order valence-electron chi connectivity index (χ0n) is 15.8. The summed E-state index contributed by atoms with van der Waals surface area (Å²) in [6.07, 6.45) is 5.80. The Labute approximate surface area is 158 Å². The smallest absolute Gasteiger partial charge is 0.269 e. The van der Waals surface area contributed by atoms with Crippen LogP contribution in [0.25, 0.3) is 11.3 Å². The molecule has 0 saturated carbocycles. The zero-order valence-corrected chi connectivity index (χ0v) is 15.8. The Balaban J connectivity index is 1.62. The van der Waals surface area contributed by atoms with Gasteiger partial charge >= 0.3 is 0 Å². The van der Waals surface area contributed by atoms with Gasteiger partial charge in [0.25, 0.3) is 5.69 Å². The Bertz CT molecular complexity index is 913. The van der Waals surface area contributed by atoms with E-state index in [1.807, 2.05) is 32.6 Å². The third kappa shape index (κ3) is 4.59. The number of imidazole rings is 1. The first kappa shape index (κ1) is 18.8. The summed E-state index contributed by atoms with van der Waals surface area (Å²) in [7, 11) is 1.88. The average Bonchev–Trinajstić information content (AvgIpc) is 3.20. The lowest BCUT2D eigenvalue weighted by Gasteiger charge is -2.14. The predicted octanol–water partition coefficient (Wildman–Crippen LogP) is 2.93. The van der Waals surface area contributed by atoms with Gasteiger partial charge < -0.3 is 9.88 Å². The van der Waals surface area contributed by atoms with Gasteiger partial charge in [0, 0.05) is 62.0 Å². The van der Waals surface area contributed by atoms with E-state index in [9.17, 15) is 10.1 Å². The van der Waals surface area contributed by atoms with E-state index in [1.54, 1.807) is 16.8 Å². The molecule has 142 valence electrons. The number of benzene rings is 1. The van der Waals surface area contributed by atoms with Crippen molar-refractivity contribution < 1.29 is 4.92 Å². The number of nitro benzene ring substituents is 1. The molecular formula is C19H24N6O2. The van der Waals surface area contributed by atoms with E-state index in [0.29, 0.717) is 12.5 Å². The minimum atomic E-state index is -0.395. The summed E-state index contributed by atoms with van der Waals surface area (Å²) in [5, 5.41) is 18.8. The highest BCUT2D eigenvalue weighted by molar-refractivity contribution is 5.64. The van der Waals surface area contributed by atoms with Crippen molar-refractivity contribution in [1.29, 1.82) is 0 Å². The van der Waals surface area contributed by atoms with Crippen molar-refractivity contribution in [2.75, 3.05) is 6.54 Å². The third-order valence-corrected chi connectivity index (χ3v) is 4.50. The normalized spacial score (nSPS) is 12.3. The second-order valence-electron chi connectivity index (χ2n) is 6.84. The molecule has 1 aromatic carbocycles. The molecule has 0 amide bonds. The molecule has 3 rings (SSSR count). The molecule has 8 heteroatoms. The van der Waals surface area contributed by atoms with Crippen molar-refractivity contribution in [3.05, 3.63) is 64.4 Å². The Morgan fingerprint density at radius 2 is 2.04 bits per heavy atom. The molecule has 1 N–H and O–H groups in total. The lowest BCUT2D eigenvalue weighted by molar-refractivity contribution is -0.384. The summed E-state index contributed by atoms with van der Waals surface area (Å²) in [6.45, 7) is 6.68. The SMILES string of the molecule is Cc1nccn1CC(C)CNCc1cn(C)nc1-c1ccc([N+](=O)[O-])cc1. The molecule has 0 fully saturated rings. The van der Waals surface area contributed by atoms with Crippen LogP contribution in [0.4, 0.5) is 5.69 Å². The number of hydrogen-bond donors (Lipinski definition) is 1. The summed E-state index contributed by atoms with van der Waals surface area (Å²) < 4.78 is 3.92. The van der Waals surface area contributed by atoms with E-state index in [1.165, 1.54) is 12.1 Å². The van der Waals surface area contributed by atoms with Gasteiger partial charge in [-0.05, 0) is 31.5 Å². The molecule has 3 aromatic rings. The molecule has 0 spiro atoms. The largest absolute Gasteiger partial charge is 0.335 e. The first-order valence-corrected chi connectivity index (χ1v) is 8.90. The molecule has 0 radical (unpaired) electrons. The summed E-state index contributed by atoms with van der Waals surface area (Å²) in [5.41, 5.74) is 2.87. The van der Waals surface area contributed by atoms with Crippen molar-refractivity contribution in [1.82, 2.24) is 24.6 Å². The minimum absolute atomic E-state index is 0.0815. The summed E-state index contributed by atoms with van der Waals surface area (Å²) >= 11 is 0. The van der Waals surface area contributed by atoms with Crippen LogP contribution in [0.5, 0.6) is 0 Å². The van der Waals surface area contributed by atoms with Crippen molar-refractivity contribution in [3.63, 3.8) is 0 Å². The van der Waals surface area contributed by atoms with E-state index in [4.69, 9.17) is 0 Å². The molecule has 0 aliphatic carbocycles. The van der Waals surface area contributed by atoms with Gasteiger partial charge in [-0.1, -0.05) is 6.92 Å².